The molecule has 1 atom stereocenters. The highest BCUT2D eigenvalue weighted by Crippen LogP contribution is 2.07. The zero-order valence-electron chi connectivity index (χ0n) is 8.96. The van der Waals surface area contributed by atoms with Crippen LogP contribution in [0.5, 0.6) is 0 Å². The molecule has 1 heterocycles. The first kappa shape index (κ1) is 11.3. The fourth-order valence-electron chi connectivity index (χ4n) is 1.78. The standard InChI is InChI=1S/C10H21N3O/c1-2-5-9(8-11)12-10(14)13-6-3-4-7-13/h9H,2-8,11H2,1H3,(H,12,14). The molecule has 82 valence electrons. The largest absolute Gasteiger partial charge is 0.334 e. The first-order valence-electron chi connectivity index (χ1n) is 5.53. The van der Waals surface area contributed by atoms with Crippen LogP contribution in [0, 0.1) is 0 Å². The Balaban J connectivity index is 2.29. The van der Waals surface area contributed by atoms with Crippen molar-refractivity contribution in [3.63, 3.8) is 0 Å². The van der Waals surface area contributed by atoms with E-state index in [0.29, 0.717) is 6.54 Å². The first-order chi connectivity index (χ1) is 6.77. The summed E-state index contributed by atoms with van der Waals surface area (Å²) in [7, 11) is 0. The van der Waals surface area contributed by atoms with Crippen LogP contribution >= 0.6 is 0 Å². The third kappa shape index (κ3) is 3.18. The highest BCUT2D eigenvalue weighted by molar-refractivity contribution is 5.74. The molecule has 2 amide bonds. The van der Waals surface area contributed by atoms with E-state index in [0.717, 1.165) is 38.8 Å². The molecule has 1 rings (SSSR count). The number of urea groups is 1. The van der Waals surface area contributed by atoms with Crippen LogP contribution in [-0.2, 0) is 0 Å². The van der Waals surface area contributed by atoms with Crippen LogP contribution in [0.25, 0.3) is 0 Å². The van der Waals surface area contributed by atoms with Gasteiger partial charge in [-0.3, -0.25) is 0 Å². The van der Waals surface area contributed by atoms with Crippen molar-refractivity contribution >= 4 is 6.03 Å². The van der Waals surface area contributed by atoms with Gasteiger partial charge in [-0.2, -0.15) is 0 Å². The molecule has 0 aliphatic carbocycles. The Hall–Kier alpha value is -0.770. The average molecular weight is 199 g/mol. The second kappa shape index (κ2) is 5.86. The minimum Gasteiger partial charge on any atom is -0.334 e. The fourth-order valence-corrected chi connectivity index (χ4v) is 1.78. The molecule has 1 fully saturated rings. The summed E-state index contributed by atoms with van der Waals surface area (Å²) >= 11 is 0. The van der Waals surface area contributed by atoms with Crippen molar-refractivity contribution in [1.29, 1.82) is 0 Å². The Morgan fingerprint density at radius 2 is 2.14 bits per heavy atom. The molecular formula is C10H21N3O. The molecule has 0 aromatic rings. The molecule has 1 aliphatic heterocycles. The van der Waals surface area contributed by atoms with Crippen LogP contribution in [0.15, 0.2) is 0 Å². The van der Waals surface area contributed by atoms with E-state index in [-0.39, 0.29) is 12.1 Å². The van der Waals surface area contributed by atoms with E-state index in [1.807, 2.05) is 4.90 Å². The van der Waals surface area contributed by atoms with Crippen LogP contribution in [0.2, 0.25) is 0 Å². The molecule has 3 N–H and O–H groups in total. The van der Waals surface area contributed by atoms with Gasteiger partial charge in [-0.05, 0) is 19.3 Å². The Kier molecular flexibility index (Phi) is 4.73. The van der Waals surface area contributed by atoms with Gasteiger partial charge in [0.25, 0.3) is 0 Å². The zero-order chi connectivity index (χ0) is 10.4. The minimum atomic E-state index is 0.0615. The van der Waals surface area contributed by atoms with Gasteiger partial charge in [0.1, 0.15) is 0 Å². The van der Waals surface area contributed by atoms with Gasteiger partial charge in [-0.15, -0.1) is 0 Å². The maximum atomic E-state index is 11.6. The molecule has 1 saturated heterocycles. The van der Waals surface area contributed by atoms with Gasteiger partial charge in [0.2, 0.25) is 0 Å². The van der Waals surface area contributed by atoms with Crippen LogP contribution in [0.3, 0.4) is 0 Å². The van der Waals surface area contributed by atoms with Gasteiger partial charge in [-0.1, -0.05) is 13.3 Å². The second-order valence-electron chi connectivity index (χ2n) is 3.86. The number of nitrogens with zero attached hydrogens (tertiary/aromatic N) is 1. The van der Waals surface area contributed by atoms with Crippen molar-refractivity contribution in [2.45, 2.75) is 38.6 Å². The molecule has 0 spiro atoms. The number of rotatable bonds is 4. The first-order valence-corrected chi connectivity index (χ1v) is 5.53. The van der Waals surface area contributed by atoms with E-state index in [1.54, 1.807) is 0 Å². The minimum absolute atomic E-state index is 0.0615. The average Bonchev–Trinajstić information content (AvgIpc) is 2.69. The van der Waals surface area contributed by atoms with Gasteiger partial charge in [0.05, 0.1) is 0 Å². The lowest BCUT2D eigenvalue weighted by Crippen LogP contribution is -2.46. The number of amides is 2. The smallest absolute Gasteiger partial charge is 0.317 e. The lowest BCUT2D eigenvalue weighted by atomic mass is 10.2. The predicted molar refractivity (Wildman–Crippen MR) is 57.1 cm³/mol. The molecule has 4 nitrogen and oxygen atoms in total. The molecule has 0 radical (unpaired) electrons. The number of carbonyl (C=O) groups is 1. The van der Waals surface area contributed by atoms with E-state index in [4.69, 9.17) is 5.73 Å². The van der Waals surface area contributed by atoms with Gasteiger partial charge in [0.15, 0.2) is 0 Å². The monoisotopic (exact) mass is 199 g/mol. The van der Waals surface area contributed by atoms with Crippen molar-refractivity contribution in [3.05, 3.63) is 0 Å². The number of likely N-dealkylation sites (tertiary alicyclic amines) is 1. The Morgan fingerprint density at radius 3 is 2.64 bits per heavy atom. The Morgan fingerprint density at radius 1 is 1.50 bits per heavy atom. The maximum Gasteiger partial charge on any atom is 0.317 e. The van der Waals surface area contributed by atoms with E-state index in [9.17, 15) is 4.79 Å². The van der Waals surface area contributed by atoms with Crippen LogP contribution in [0.1, 0.15) is 32.6 Å². The lowest BCUT2D eigenvalue weighted by molar-refractivity contribution is 0.204. The number of hydrogen-bond donors (Lipinski definition) is 2. The summed E-state index contributed by atoms with van der Waals surface area (Å²) in [6.07, 6.45) is 4.29. The van der Waals surface area contributed by atoms with Gasteiger partial charge in [0, 0.05) is 25.7 Å². The van der Waals surface area contributed by atoms with Crippen molar-refractivity contribution in [2.24, 2.45) is 5.73 Å². The quantitative estimate of drug-likeness (QED) is 0.707. The summed E-state index contributed by atoms with van der Waals surface area (Å²) < 4.78 is 0. The van der Waals surface area contributed by atoms with Crippen LogP contribution in [0.4, 0.5) is 4.79 Å². The lowest BCUT2D eigenvalue weighted by Gasteiger charge is -2.21. The molecule has 0 saturated carbocycles. The summed E-state index contributed by atoms with van der Waals surface area (Å²) in [6.45, 7) is 4.43. The molecule has 0 aromatic carbocycles. The predicted octanol–water partition coefficient (Wildman–Crippen LogP) is 0.919. The number of nitrogens with two attached hydrogens (primary N) is 1. The van der Waals surface area contributed by atoms with Crippen molar-refractivity contribution in [3.8, 4) is 0 Å². The van der Waals surface area contributed by atoms with Gasteiger partial charge >= 0.3 is 6.03 Å². The zero-order valence-corrected chi connectivity index (χ0v) is 8.96. The Bertz CT molecular complexity index is 178. The van der Waals surface area contributed by atoms with Gasteiger partial charge < -0.3 is 16.0 Å². The summed E-state index contributed by atoms with van der Waals surface area (Å²) in [5.41, 5.74) is 5.57. The highest BCUT2D eigenvalue weighted by atomic mass is 16.2. The molecular weight excluding hydrogens is 178 g/mol. The second-order valence-corrected chi connectivity index (χ2v) is 3.86. The molecule has 0 aromatic heterocycles. The summed E-state index contributed by atoms with van der Waals surface area (Å²) in [4.78, 5) is 13.5. The Labute approximate surface area is 85.8 Å². The van der Waals surface area contributed by atoms with Crippen LogP contribution in [-0.4, -0.2) is 36.6 Å². The SMILES string of the molecule is CCCC(CN)NC(=O)N1CCCC1. The molecule has 14 heavy (non-hydrogen) atoms. The third-order valence-corrected chi connectivity index (χ3v) is 2.64. The number of carbonyl (C=O) groups excluding carboxylic acids is 1. The molecule has 0 bridgehead atoms. The number of hydrogen-bond acceptors (Lipinski definition) is 2. The molecule has 1 unspecified atom stereocenters. The van der Waals surface area contributed by atoms with E-state index < -0.39 is 0 Å². The van der Waals surface area contributed by atoms with Crippen molar-refractivity contribution in [1.82, 2.24) is 10.2 Å². The maximum absolute atomic E-state index is 11.6. The summed E-state index contributed by atoms with van der Waals surface area (Å²) in [5, 5.41) is 2.97. The normalized spacial score (nSPS) is 18.3. The number of nitrogens with one attached hydrogen (secondary N) is 1. The van der Waals surface area contributed by atoms with E-state index >= 15 is 0 Å². The van der Waals surface area contributed by atoms with Crippen molar-refractivity contribution < 1.29 is 4.79 Å². The topological polar surface area (TPSA) is 58.4 Å². The van der Waals surface area contributed by atoms with Crippen molar-refractivity contribution in [2.75, 3.05) is 19.6 Å². The third-order valence-electron chi connectivity index (χ3n) is 2.64. The van der Waals surface area contributed by atoms with E-state index in [2.05, 4.69) is 12.2 Å². The molecule has 4 heteroatoms. The van der Waals surface area contributed by atoms with Crippen LogP contribution < -0.4 is 11.1 Å². The van der Waals surface area contributed by atoms with E-state index in [1.165, 1.54) is 0 Å². The fraction of sp³-hybridized carbons (Fsp3) is 0.900. The summed E-state index contributed by atoms with van der Waals surface area (Å²) in [6, 6.07) is 0.208. The molecule has 1 aliphatic rings. The van der Waals surface area contributed by atoms with Gasteiger partial charge in [-0.25, -0.2) is 4.79 Å². The summed E-state index contributed by atoms with van der Waals surface area (Å²) in [5.74, 6) is 0. The highest BCUT2D eigenvalue weighted by Gasteiger charge is 2.19.